The molecule has 0 bridgehead atoms. The number of nitrogen functional groups attached to an aromatic ring is 1. The van der Waals surface area contributed by atoms with Crippen LogP contribution >= 0.6 is 15.9 Å². The molecule has 112 valence electrons. The van der Waals surface area contributed by atoms with Crippen LogP contribution in [0.3, 0.4) is 0 Å². The lowest BCUT2D eigenvalue weighted by Crippen LogP contribution is -2.43. The van der Waals surface area contributed by atoms with Crippen LogP contribution in [-0.2, 0) is 9.84 Å². The maximum Gasteiger partial charge on any atom is 0.252 e. The van der Waals surface area contributed by atoms with Gasteiger partial charge in [0.25, 0.3) is 5.91 Å². The standard InChI is InChI=1S/C12H16BrFN2O3S/c1-12(2,20(3,18)19)6-16-11(17)7-4-10(15)9(14)5-8(7)13/h4-5H,6,15H2,1-3H3,(H,16,17). The number of nitrogens with two attached hydrogens (primary N) is 1. The van der Waals surface area contributed by atoms with Crippen molar-refractivity contribution in [2.24, 2.45) is 0 Å². The van der Waals surface area contributed by atoms with Crippen molar-refractivity contribution in [3.8, 4) is 0 Å². The monoisotopic (exact) mass is 366 g/mol. The first kappa shape index (κ1) is 16.9. The molecule has 0 aliphatic heterocycles. The van der Waals surface area contributed by atoms with E-state index >= 15 is 0 Å². The topological polar surface area (TPSA) is 89.3 Å². The zero-order chi connectivity index (χ0) is 15.7. The molecule has 0 fully saturated rings. The second kappa shape index (κ2) is 5.69. The van der Waals surface area contributed by atoms with Crippen LogP contribution < -0.4 is 11.1 Å². The molecule has 0 aliphatic rings. The van der Waals surface area contributed by atoms with Crippen molar-refractivity contribution < 1.29 is 17.6 Å². The van der Waals surface area contributed by atoms with Gasteiger partial charge in [0.05, 0.1) is 16.0 Å². The molecule has 0 atom stereocenters. The minimum atomic E-state index is -3.32. The number of anilines is 1. The number of amides is 1. The molecule has 1 rings (SSSR count). The van der Waals surface area contributed by atoms with Gasteiger partial charge >= 0.3 is 0 Å². The highest BCUT2D eigenvalue weighted by Gasteiger charge is 2.30. The van der Waals surface area contributed by atoms with Crippen LogP contribution in [0.15, 0.2) is 16.6 Å². The zero-order valence-electron chi connectivity index (χ0n) is 11.3. The highest BCUT2D eigenvalue weighted by molar-refractivity contribution is 9.10. The molecule has 8 heteroatoms. The van der Waals surface area contributed by atoms with Gasteiger partial charge in [0, 0.05) is 17.3 Å². The molecule has 0 radical (unpaired) electrons. The average Bonchev–Trinajstić information content (AvgIpc) is 2.29. The molecule has 0 saturated carbocycles. The number of hydrogen-bond acceptors (Lipinski definition) is 4. The van der Waals surface area contributed by atoms with Gasteiger partial charge in [-0.3, -0.25) is 4.79 Å². The summed E-state index contributed by atoms with van der Waals surface area (Å²) in [6, 6.07) is 2.29. The van der Waals surface area contributed by atoms with Crippen LogP contribution in [0.25, 0.3) is 0 Å². The van der Waals surface area contributed by atoms with Crippen LogP contribution in [0, 0.1) is 5.82 Å². The molecule has 5 nitrogen and oxygen atoms in total. The van der Waals surface area contributed by atoms with Crippen LogP contribution in [-0.4, -0.2) is 31.9 Å². The summed E-state index contributed by atoms with van der Waals surface area (Å²) < 4.78 is 35.4. The van der Waals surface area contributed by atoms with Gasteiger partial charge < -0.3 is 11.1 Å². The van der Waals surface area contributed by atoms with Crippen molar-refractivity contribution in [3.63, 3.8) is 0 Å². The largest absolute Gasteiger partial charge is 0.396 e. The van der Waals surface area contributed by atoms with E-state index in [1.54, 1.807) is 0 Å². The van der Waals surface area contributed by atoms with Crippen molar-refractivity contribution in [1.29, 1.82) is 0 Å². The summed E-state index contributed by atoms with van der Waals surface area (Å²) in [6.45, 7) is 2.96. The number of rotatable bonds is 4. The van der Waals surface area contributed by atoms with E-state index in [9.17, 15) is 17.6 Å². The van der Waals surface area contributed by atoms with E-state index in [1.165, 1.54) is 19.9 Å². The summed E-state index contributed by atoms with van der Waals surface area (Å²) in [4.78, 5) is 12.0. The predicted molar refractivity (Wildman–Crippen MR) is 79.8 cm³/mol. The molecule has 0 spiro atoms. The van der Waals surface area contributed by atoms with Crippen LogP contribution in [0.4, 0.5) is 10.1 Å². The van der Waals surface area contributed by atoms with Gasteiger partial charge in [0.1, 0.15) is 5.82 Å². The average molecular weight is 367 g/mol. The van der Waals surface area contributed by atoms with Crippen LogP contribution in [0.5, 0.6) is 0 Å². The summed E-state index contributed by atoms with van der Waals surface area (Å²) in [7, 11) is -3.32. The lowest BCUT2D eigenvalue weighted by molar-refractivity contribution is 0.0950. The van der Waals surface area contributed by atoms with Crippen molar-refractivity contribution in [2.45, 2.75) is 18.6 Å². The molecule has 1 aromatic carbocycles. The van der Waals surface area contributed by atoms with Crippen molar-refractivity contribution in [3.05, 3.63) is 28.0 Å². The first-order chi connectivity index (χ1) is 8.95. The first-order valence-electron chi connectivity index (χ1n) is 5.68. The van der Waals surface area contributed by atoms with Gasteiger partial charge in [0.15, 0.2) is 9.84 Å². The third kappa shape index (κ3) is 3.69. The molecule has 1 aromatic rings. The number of benzene rings is 1. The second-order valence-corrected chi connectivity index (χ2v) is 8.57. The molecule has 20 heavy (non-hydrogen) atoms. The van der Waals surface area contributed by atoms with Crippen molar-refractivity contribution in [2.75, 3.05) is 18.5 Å². The number of hydrogen-bond donors (Lipinski definition) is 2. The SMILES string of the molecule is CC(C)(CNC(=O)c1cc(N)c(F)cc1Br)S(C)(=O)=O. The predicted octanol–water partition coefficient (Wildman–Crippen LogP) is 1.72. The molecule has 0 aromatic heterocycles. The van der Waals surface area contributed by atoms with E-state index in [0.717, 1.165) is 12.3 Å². The smallest absolute Gasteiger partial charge is 0.252 e. The summed E-state index contributed by atoms with van der Waals surface area (Å²) in [5, 5.41) is 2.51. The molecule has 0 heterocycles. The van der Waals surface area contributed by atoms with Crippen LogP contribution in [0.2, 0.25) is 0 Å². The van der Waals surface area contributed by atoms with E-state index in [4.69, 9.17) is 5.73 Å². The van der Waals surface area contributed by atoms with Gasteiger partial charge in [-0.1, -0.05) is 0 Å². The third-order valence-electron chi connectivity index (χ3n) is 3.01. The molecule has 0 unspecified atom stereocenters. The Labute approximate surface area is 125 Å². The maximum absolute atomic E-state index is 13.2. The Morgan fingerprint density at radius 3 is 2.50 bits per heavy atom. The van der Waals surface area contributed by atoms with E-state index < -0.39 is 26.3 Å². The van der Waals surface area contributed by atoms with Gasteiger partial charge in [-0.05, 0) is 41.9 Å². The minimum Gasteiger partial charge on any atom is -0.396 e. The first-order valence-corrected chi connectivity index (χ1v) is 8.36. The Bertz CT molecular complexity index is 644. The summed E-state index contributed by atoms with van der Waals surface area (Å²) in [5.41, 5.74) is 5.40. The molecule has 1 amide bonds. The number of halogens is 2. The van der Waals surface area contributed by atoms with Gasteiger partial charge in [-0.15, -0.1) is 0 Å². The lowest BCUT2D eigenvalue weighted by Gasteiger charge is -2.22. The van der Waals surface area contributed by atoms with E-state index in [2.05, 4.69) is 21.2 Å². The Morgan fingerprint density at radius 2 is 2.00 bits per heavy atom. The van der Waals surface area contributed by atoms with Gasteiger partial charge in [-0.2, -0.15) is 0 Å². The van der Waals surface area contributed by atoms with Gasteiger partial charge in [0.2, 0.25) is 0 Å². The molecular formula is C12H16BrFN2O3S. The molecule has 0 saturated heterocycles. The summed E-state index contributed by atoms with van der Waals surface area (Å²) >= 11 is 3.07. The number of carbonyl (C=O) groups is 1. The Kier molecular flexibility index (Phi) is 4.81. The van der Waals surface area contributed by atoms with Crippen molar-refractivity contribution in [1.82, 2.24) is 5.32 Å². The minimum absolute atomic E-state index is 0.0611. The second-order valence-electron chi connectivity index (χ2n) is 5.07. The van der Waals surface area contributed by atoms with Gasteiger partial charge in [-0.25, -0.2) is 12.8 Å². The number of nitrogens with one attached hydrogen (secondary N) is 1. The Balaban J connectivity index is 2.92. The van der Waals surface area contributed by atoms with E-state index in [0.29, 0.717) is 0 Å². The molecule has 0 aliphatic carbocycles. The fraction of sp³-hybridized carbons (Fsp3) is 0.417. The zero-order valence-corrected chi connectivity index (χ0v) is 13.7. The fourth-order valence-corrected chi connectivity index (χ4v) is 2.09. The Hall–Kier alpha value is -1.15. The third-order valence-corrected chi connectivity index (χ3v) is 5.82. The quantitative estimate of drug-likeness (QED) is 0.794. The number of carbonyl (C=O) groups excluding carboxylic acids is 1. The molecule has 3 N–H and O–H groups in total. The lowest BCUT2D eigenvalue weighted by atomic mass is 10.1. The molecular weight excluding hydrogens is 351 g/mol. The normalized spacial score (nSPS) is 12.2. The van der Waals surface area contributed by atoms with E-state index in [1.807, 2.05) is 0 Å². The van der Waals surface area contributed by atoms with Crippen LogP contribution in [0.1, 0.15) is 24.2 Å². The highest BCUT2D eigenvalue weighted by Crippen LogP contribution is 2.23. The Morgan fingerprint density at radius 1 is 1.45 bits per heavy atom. The highest BCUT2D eigenvalue weighted by atomic mass is 79.9. The fourth-order valence-electron chi connectivity index (χ4n) is 1.26. The van der Waals surface area contributed by atoms with E-state index in [-0.39, 0.29) is 22.3 Å². The maximum atomic E-state index is 13.2. The number of sulfone groups is 1. The van der Waals surface area contributed by atoms with Crippen molar-refractivity contribution >= 4 is 37.4 Å². The summed E-state index contributed by atoms with van der Waals surface area (Å²) in [5.74, 6) is -1.16. The summed E-state index contributed by atoms with van der Waals surface area (Å²) in [6.07, 6.45) is 1.10.